The molecule has 0 bridgehead atoms. The number of nitrogens with zero attached hydrogens (tertiary/aromatic N) is 5. The fraction of sp³-hybridized carbons (Fsp3) is 0.267. The number of fused-ring (bicyclic) bond motifs is 2. The van der Waals surface area contributed by atoms with E-state index in [-0.39, 0.29) is 5.91 Å². The minimum atomic E-state index is 0.108. The average Bonchev–Trinajstić information content (AvgIpc) is 2.93. The van der Waals surface area contributed by atoms with E-state index in [4.69, 9.17) is 4.98 Å². The molecule has 4 aromatic rings. The lowest BCUT2D eigenvalue weighted by molar-refractivity contribution is 0.0747. The molecule has 1 aliphatic carbocycles. The van der Waals surface area contributed by atoms with Crippen molar-refractivity contribution in [3.63, 3.8) is 0 Å². The number of allylic oxidation sites excluding steroid dienone is 1. The lowest BCUT2D eigenvalue weighted by Crippen LogP contribution is -2.49. The van der Waals surface area contributed by atoms with Gasteiger partial charge in [-0.15, -0.1) is 0 Å². The van der Waals surface area contributed by atoms with Crippen LogP contribution in [0.25, 0.3) is 22.6 Å². The number of hydrogen-bond acceptors (Lipinski definition) is 5. The number of anilines is 1. The molecule has 1 amide bonds. The molecule has 6 nitrogen and oxygen atoms in total. The number of piperazine rings is 1. The average molecular weight is 476 g/mol. The van der Waals surface area contributed by atoms with Gasteiger partial charge >= 0.3 is 0 Å². The molecule has 2 aromatic heterocycles. The zero-order chi connectivity index (χ0) is 24.5. The van der Waals surface area contributed by atoms with Gasteiger partial charge in [0.1, 0.15) is 5.82 Å². The Bertz CT molecular complexity index is 1430. The van der Waals surface area contributed by atoms with Crippen molar-refractivity contribution in [2.24, 2.45) is 5.92 Å². The molecule has 0 N–H and O–H groups in total. The smallest absolute Gasteiger partial charge is 0.255 e. The molecule has 36 heavy (non-hydrogen) atoms. The molecule has 0 saturated carbocycles. The molecular formula is C30H29N5O. The van der Waals surface area contributed by atoms with E-state index in [0.717, 1.165) is 65.0 Å². The highest BCUT2D eigenvalue weighted by molar-refractivity contribution is 6.09. The third-order valence-electron chi connectivity index (χ3n) is 7.21. The standard InChI is InChI=1S/C30H29N5O/c1-21-17-23(19-22-7-3-2-4-8-22)29-25(18-21)28(24-9-5-6-10-26(24)33-29)30(36)35-15-13-34(14-16-35)27-20-31-11-12-32-27/h2-12,19-21H,13-18H2,1H3. The van der Waals surface area contributed by atoms with Crippen molar-refractivity contribution in [1.29, 1.82) is 0 Å². The minimum Gasteiger partial charge on any atom is -0.352 e. The van der Waals surface area contributed by atoms with E-state index < -0.39 is 0 Å². The van der Waals surface area contributed by atoms with Gasteiger partial charge in [-0.3, -0.25) is 9.78 Å². The van der Waals surface area contributed by atoms with Crippen LogP contribution >= 0.6 is 0 Å². The SMILES string of the molecule is CC1CC(=Cc2ccccc2)c2nc3ccccc3c(C(=O)N3CCN(c4cnccn4)CC3)c2C1. The van der Waals surface area contributed by atoms with Crippen LogP contribution in [-0.2, 0) is 6.42 Å². The quantitative estimate of drug-likeness (QED) is 0.412. The summed E-state index contributed by atoms with van der Waals surface area (Å²) in [6, 6.07) is 18.5. The number of benzene rings is 2. The maximum absolute atomic E-state index is 14.1. The van der Waals surface area contributed by atoms with Crippen LogP contribution < -0.4 is 4.90 Å². The van der Waals surface area contributed by atoms with Crippen LogP contribution in [-0.4, -0.2) is 51.9 Å². The number of carbonyl (C=O) groups excluding carboxylic acids is 1. The monoisotopic (exact) mass is 475 g/mol. The van der Waals surface area contributed by atoms with Gasteiger partial charge in [0.05, 0.1) is 23.0 Å². The van der Waals surface area contributed by atoms with Gasteiger partial charge in [-0.1, -0.05) is 55.5 Å². The first-order valence-electron chi connectivity index (χ1n) is 12.7. The van der Waals surface area contributed by atoms with E-state index in [1.165, 1.54) is 5.57 Å². The van der Waals surface area contributed by atoms with Gasteiger partial charge in [0.15, 0.2) is 0 Å². The van der Waals surface area contributed by atoms with E-state index in [9.17, 15) is 4.79 Å². The Labute approximate surface area is 211 Å². The van der Waals surface area contributed by atoms with Gasteiger partial charge in [0, 0.05) is 44.0 Å². The number of para-hydroxylation sites is 1. The summed E-state index contributed by atoms with van der Waals surface area (Å²) in [5, 5.41) is 0.950. The zero-order valence-corrected chi connectivity index (χ0v) is 20.5. The van der Waals surface area contributed by atoms with Crippen molar-refractivity contribution in [2.45, 2.75) is 19.8 Å². The first-order valence-corrected chi connectivity index (χ1v) is 12.7. The third kappa shape index (κ3) is 4.24. The van der Waals surface area contributed by atoms with E-state index in [1.54, 1.807) is 18.6 Å². The predicted molar refractivity (Wildman–Crippen MR) is 144 cm³/mol. The highest BCUT2D eigenvalue weighted by Crippen LogP contribution is 2.39. The fourth-order valence-corrected chi connectivity index (χ4v) is 5.48. The highest BCUT2D eigenvalue weighted by Gasteiger charge is 2.31. The summed E-state index contributed by atoms with van der Waals surface area (Å²) < 4.78 is 0. The second kappa shape index (κ2) is 9.53. The molecule has 1 unspecified atom stereocenters. The van der Waals surface area contributed by atoms with Gasteiger partial charge in [-0.2, -0.15) is 0 Å². The Hall–Kier alpha value is -4.06. The van der Waals surface area contributed by atoms with Gasteiger partial charge in [0.25, 0.3) is 5.91 Å². The Morgan fingerprint density at radius 3 is 2.50 bits per heavy atom. The number of pyridine rings is 1. The molecule has 2 aliphatic rings. The summed E-state index contributed by atoms with van der Waals surface area (Å²) >= 11 is 0. The Kier molecular flexibility index (Phi) is 5.93. The summed E-state index contributed by atoms with van der Waals surface area (Å²) in [4.78, 5) is 32.0. The Balaban J connectivity index is 1.39. The van der Waals surface area contributed by atoms with Crippen molar-refractivity contribution in [1.82, 2.24) is 19.9 Å². The van der Waals surface area contributed by atoms with Crippen molar-refractivity contribution < 1.29 is 4.79 Å². The molecule has 2 aromatic carbocycles. The van der Waals surface area contributed by atoms with Gasteiger partial charge in [-0.25, -0.2) is 9.97 Å². The van der Waals surface area contributed by atoms with Crippen LogP contribution in [0.1, 0.15) is 40.5 Å². The van der Waals surface area contributed by atoms with Crippen molar-refractivity contribution >= 4 is 34.3 Å². The van der Waals surface area contributed by atoms with Crippen molar-refractivity contribution in [3.05, 3.63) is 95.6 Å². The maximum Gasteiger partial charge on any atom is 0.255 e. The molecule has 6 heteroatoms. The Morgan fingerprint density at radius 1 is 0.944 bits per heavy atom. The van der Waals surface area contributed by atoms with E-state index >= 15 is 0 Å². The van der Waals surface area contributed by atoms with E-state index in [0.29, 0.717) is 19.0 Å². The predicted octanol–water partition coefficient (Wildman–Crippen LogP) is 5.11. The molecule has 0 radical (unpaired) electrons. The Morgan fingerprint density at radius 2 is 1.72 bits per heavy atom. The third-order valence-corrected chi connectivity index (χ3v) is 7.21. The van der Waals surface area contributed by atoms with Gasteiger partial charge < -0.3 is 9.80 Å². The number of aromatic nitrogens is 3. The lowest BCUT2D eigenvalue weighted by atomic mass is 9.80. The first-order chi connectivity index (χ1) is 17.7. The maximum atomic E-state index is 14.1. The van der Waals surface area contributed by atoms with Gasteiger partial charge in [-0.05, 0) is 47.6 Å². The topological polar surface area (TPSA) is 62.2 Å². The fourth-order valence-electron chi connectivity index (χ4n) is 5.48. The molecular weight excluding hydrogens is 446 g/mol. The normalized spacial score (nSPS) is 18.9. The summed E-state index contributed by atoms with van der Waals surface area (Å²) in [6.07, 6.45) is 9.24. The molecule has 1 saturated heterocycles. The summed E-state index contributed by atoms with van der Waals surface area (Å²) in [6.45, 7) is 5.06. The zero-order valence-electron chi connectivity index (χ0n) is 20.5. The lowest BCUT2D eigenvalue weighted by Gasteiger charge is -2.36. The molecule has 180 valence electrons. The van der Waals surface area contributed by atoms with Crippen LogP contribution in [0.2, 0.25) is 0 Å². The second-order valence-corrected chi connectivity index (χ2v) is 9.77. The van der Waals surface area contributed by atoms with Crippen LogP contribution in [0.5, 0.6) is 0 Å². The molecule has 6 rings (SSSR count). The summed E-state index contributed by atoms with van der Waals surface area (Å²) in [5.74, 6) is 1.41. The number of hydrogen-bond donors (Lipinski definition) is 0. The van der Waals surface area contributed by atoms with E-state index in [2.05, 4.69) is 52.1 Å². The van der Waals surface area contributed by atoms with E-state index in [1.807, 2.05) is 35.2 Å². The molecule has 1 atom stereocenters. The summed E-state index contributed by atoms with van der Waals surface area (Å²) in [7, 11) is 0. The van der Waals surface area contributed by atoms with Crippen molar-refractivity contribution in [2.75, 3.05) is 31.1 Å². The van der Waals surface area contributed by atoms with Crippen LogP contribution in [0, 0.1) is 5.92 Å². The van der Waals surface area contributed by atoms with Crippen LogP contribution in [0.15, 0.2) is 73.2 Å². The number of carbonyl (C=O) groups is 1. The largest absolute Gasteiger partial charge is 0.352 e. The second-order valence-electron chi connectivity index (χ2n) is 9.77. The molecule has 0 spiro atoms. The van der Waals surface area contributed by atoms with Gasteiger partial charge in [0.2, 0.25) is 0 Å². The van der Waals surface area contributed by atoms with Crippen molar-refractivity contribution in [3.8, 4) is 0 Å². The number of amides is 1. The number of rotatable bonds is 3. The first kappa shape index (κ1) is 22.4. The van der Waals surface area contributed by atoms with Crippen LogP contribution in [0.4, 0.5) is 5.82 Å². The summed E-state index contributed by atoms with van der Waals surface area (Å²) in [5.41, 5.74) is 6.16. The minimum absolute atomic E-state index is 0.108. The molecule has 1 fully saturated rings. The molecule has 1 aliphatic heterocycles. The highest BCUT2D eigenvalue weighted by atomic mass is 16.2. The molecule has 3 heterocycles. The van der Waals surface area contributed by atoms with Crippen LogP contribution in [0.3, 0.4) is 0 Å².